The minimum absolute atomic E-state index is 0.804. The van der Waals surface area contributed by atoms with Gasteiger partial charge in [-0.1, -0.05) is 0 Å². The summed E-state index contributed by atoms with van der Waals surface area (Å²) in [7, 11) is 0. The molecule has 114 heavy (non-hydrogen) atoms. The summed E-state index contributed by atoms with van der Waals surface area (Å²) in [5.74, 6) is -4.35. The Hall–Kier alpha value is -4.25. The van der Waals surface area contributed by atoms with E-state index in [1.807, 2.05) is 0 Å². The largest absolute Gasteiger partial charge is 0.394 e. The minimum Gasteiger partial charge on any atom is -0.394 e. The van der Waals surface area contributed by atoms with Gasteiger partial charge in [0, 0.05) is 34.6 Å². The molecule has 0 aliphatic carbocycles. The molecule has 9 rings (SSSR count). The molecule has 9 aliphatic heterocycles. The van der Waals surface area contributed by atoms with Crippen molar-refractivity contribution in [2.45, 2.75) is 318 Å². The maximum Gasteiger partial charge on any atom is 0.217 e. The Morgan fingerprint density at radius 3 is 0.991 bits per heavy atom. The summed E-state index contributed by atoms with van der Waals surface area (Å²) < 4.78 is 101. The van der Waals surface area contributed by atoms with Crippen LogP contribution in [-0.4, -0.2) is 476 Å². The molecule has 9 aliphatic rings. The quantitative estimate of drug-likeness (QED) is 0.0331. The molecule has 9 saturated heterocycles. The Morgan fingerprint density at radius 2 is 0.544 bits per heavy atom. The molecular weight excluding hydrogens is 1560 g/mol. The van der Waals surface area contributed by atoms with Gasteiger partial charge in [0.05, 0.1) is 59.0 Å². The van der Waals surface area contributed by atoms with Crippen molar-refractivity contribution in [1.82, 2.24) is 26.6 Å². The first-order valence-corrected chi connectivity index (χ1v) is 36.5. The molecule has 0 spiro atoms. The Bertz CT molecular complexity index is 3080. The number of carbonyl (C=O) groups is 5. The molecule has 50 nitrogen and oxygen atoms in total. The van der Waals surface area contributed by atoms with Gasteiger partial charge in [0.2, 0.25) is 29.5 Å². The molecule has 5 amide bonds. The SMILES string of the molecule is CC(=O)N[C@@H]1[C@@H](O)[C@H](O[C@@H]2O[C@H](CO)[C@@H](O[C@@H]3O[C@H](CO[C@H]4O[C@H](CO[C@@H]5O[C@H](CO)[C@@H](O)[C@H](O)[C@H]5NC(C)=O)[C@@H](O)[C@H](O[C@@H]5O[C@H](CO)[C@@H](O)[C@H](O)[C@H]5NC(C)=O)[C@@H]4O)[C@@H](O)[C@H](O[C@H]4O[C@H](CO)[C@@H](O)[C@H](O)[C@@H]4O[C@@H]4O[C@H](CO)[C@@H](O)[C@H](O)[C@H]4NC(C)=O)[C@@H]3O)[C@H](O)[C@H]2NC(C)=O)[C@@H](CO[C@@H]2O[C@@H](C)[C@@H](O)[C@@H](O)[C@@H]2O)O[C@H]1O. The normalized spacial score (nSPS) is 48.2. The third-order valence-electron chi connectivity index (χ3n) is 20.7. The van der Waals surface area contributed by atoms with E-state index in [1.165, 1.54) is 6.92 Å². The molecular formula is C64H107N5O45. The second kappa shape index (κ2) is 40.9. The zero-order valence-electron chi connectivity index (χ0n) is 61.9. The summed E-state index contributed by atoms with van der Waals surface area (Å²) in [5, 5.41) is 270. The molecule has 45 atom stereocenters. The van der Waals surface area contributed by atoms with Crippen molar-refractivity contribution in [3.8, 4) is 0 Å². The molecule has 50 heteroatoms. The number of rotatable bonds is 29. The average Bonchev–Trinajstić information content (AvgIpc) is 0.767. The van der Waals surface area contributed by atoms with Crippen molar-refractivity contribution in [3.05, 3.63) is 0 Å². The van der Waals surface area contributed by atoms with E-state index in [2.05, 4.69) is 26.6 Å². The van der Waals surface area contributed by atoms with E-state index in [0.717, 1.165) is 34.6 Å². The average molecular weight is 1670 g/mol. The van der Waals surface area contributed by atoms with Gasteiger partial charge < -0.3 is 225 Å². The second-order valence-corrected chi connectivity index (χ2v) is 29.0. The molecule has 9 heterocycles. The van der Waals surface area contributed by atoms with Crippen molar-refractivity contribution in [2.24, 2.45) is 0 Å². The highest BCUT2D eigenvalue weighted by atomic mass is 16.8. The molecule has 0 aromatic rings. The van der Waals surface area contributed by atoms with Crippen LogP contribution in [0.2, 0.25) is 0 Å². The van der Waals surface area contributed by atoms with Crippen LogP contribution in [0.4, 0.5) is 0 Å². The highest BCUT2D eigenvalue weighted by molar-refractivity contribution is 5.75. The number of carbonyl (C=O) groups excluding carboxylic acids is 5. The Morgan fingerprint density at radius 1 is 0.246 bits per heavy atom. The van der Waals surface area contributed by atoms with Crippen molar-refractivity contribution in [3.63, 3.8) is 0 Å². The zero-order chi connectivity index (χ0) is 84.1. The zero-order valence-corrected chi connectivity index (χ0v) is 61.9. The first-order valence-electron chi connectivity index (χ1n) is 36.5. The third kappa shape index (κ3) is 21.2. The number of aliphatic hydroxyl groups excluding tert-OH is 23. The molecule has 9 fully saturated rings. The molecule has 0 unspecified atom stereocenters. The van der Waals surface area contributed by atoms with Crippen LogP contribution in [0.25, 0.3) is 0 Å². The molecule has 0 aromatic carbocycles. The fourth-order valence-corrected chi connectivity index (χ4v) is 14.6. The van der Waals surface area contributed by atoms with Crippen molar-refractivity contribution < 1.29 is 222 Å². The van der Waals surface area contributed by atoms with E-state index in [4.69, 9.17) is 80.5 Å². The van der Waals surface area contributed by atoms with Gasteiger partial charge in [0.25, 0.3) is 0 Å². The molecule has 0 saturated carbocycles. The Labute approximate surface area is 646 Å². The van der Waals surface area contributed by atoms with E-state index < -0.39 is 358 Å². The topological polar surface area (TPSA) is 768 Å². The summed E-state index contributed by atoms with van der Waals surface area (Å²) in [6.07, 6.45) is -81.3. The standard InChI is InChI=1S/C64H107N5O45/c1-15-34(80)46(92)48(94)61(101-15)100-14-28-52(44(90)29(56(97)102-28)65-16(2)75)110-60-33(69-20(6)79)45(91)51(25(11-74)107-60)111-63-50(96)54(113-64-55(47(93)38(84)24(10-73)106-64)114-59-32(68-19(5)78)43(89)37(83)23(9-72)105-59)40(86)27(109-63)13-99-62-49(95)53(112-58-31(67-18(4)77)42(88)36(82)22(8-71)104-58)39(85)26(108-62)12-98-57-30(66-17(3)76)41(87)35(81)21(7-70)103-57/h15,21-64,70-74,80-97H,7-14H2,1-6H3,(H,65,75)(H,66,76)(H,67,77)(H,68,78)(H,69,79)/t15-,21+,22+,23+,24+,25+,26+,27+,28+,29+,30+,31+,32+,33+,34+,35+,36+,37+,38+,39+,40+,41+,42+,43+,44+,45+,46+,47-,48-,49-,50-,51+,52+,53-,54-,55-,56+,57+,58-,59-,60-,61+,62-,63-,64+/m0/s1. The smallest absolute Gasteiger partial charge is 0.217 e. The van der Waals surface area contributed by atoms with Crippen molar-refractivity contribution >= 4 is 29.5 Å². The predicted octanol–water partition coefficient (Wildman–Crippen LogP) is -18.9. The van der Waals surface area contributed by atoms with Crippen LogP contribution in [0.1, 0.15) is 41.5 Å². The van der Waals surface area contributed by atoms with Crippen LogP contribution in [0.15, 0.2) is 0 Å². The van der Waals surface area contributed by atoms with Crippen molar-refractivity contribution in [1.29, 1.82) is 0 Å². The molecule has 0 aromatic heterocycles. The van der Waals surface area contributed by atoms with Crippen LogP contribution in [0.5, 0.6) is 0 Å². The van der Waals surface area contributed by atoms with E-state index in [1.54, 1.807) is 0 Å². The lowest BCUT2D eigenvalue weighted by molar-refractivity contribution is -0.395. The van der Waals surface area contributed by atoms with Gasteiger partial charge in [0.15, 0.2) is 56.6 Å². The van der Waals surface area contributed by atoms with Gasteiger partial charge in [-0.25, -0.2) is 0 Å². The maximum atomic E-state index is 13.2. The molecule has 0 bridgehead atoms. The number of hydrogen-bond acceptors (Lipinski definition) is 45. The van der Waals surface area contributed by atoms with Gasteiger partial charge in [0.1, 0.15) is 213 Å². The fraction of sp³-hybridized carbons (Fsp3) is 0.922. The lowest BCUT2D eigenvalue weighted by atomic mass is 9.93. The van der Waals surface area contributed by atoms with Crippen LogP contribution in [0.3, 0.4) is 0 Å². The van der Waals surface area contributed by atoms with Crippen LogP contribution in [-0.2, 0) is 104 Å². The summed E-state index contributed by atoms with van der Waals surface area (Å²) in [6.45, 7) is -2.18. The molecule has 0 radical (unpaired) electrons. The number of aliphatic hydroxyl groups is 23. The summed E-state index contributed by atoms with van der Waals surface area (Å²) in [4.78, 5) is 63.1. The van der Waals surface area contributed by atoms with Gasteiger partial charge in [-0.05, 0) is 6.92 Å². The summed E-state index contributed by atoms with van der Waals surface area (Å²) in [5.41, 5.74) is 0. The number of ether oxygens (including phenoxy) is 17. The number of amides is 5. The maximum absolute atomic E-state index is 13.2. The minimum atomic E-state index is -2.57. The second-order valence-electron chi connectivity index (χ2n) is 29.0. The first-order chi connectivity index (χ1) is 53.8. The van der Waals surface area contributed by atoms with Crippen LogP contribution < -0.4 is 26.6 Å². The highest BCUT2D eigenvalue weighted by Crippen LogP contribution is 2.39. The number of hydrogen-bond donors (Lipinski definition) is 28. The van der Waals surface area contributed by atoms with Crippen LogP contribution >= 0.6 is 0 Å². The monoisotopic (exact) mass is 1670 g/mol. The Kier molecular flexibility index (Phi) is 33.6. The van der Waals surface area contributed by atoms with E-state index in [0.29, 0.717) is 0 Å². The Balaban J connectivity index is 1.07. The van der Waals surface area contributed by atoms with Gasteiger partial charge in [-0.15, -0.1) is 0 Å². The van der Waals surface area contributed by atoms with Crippen LogP contribution in [0, 0.1) is 0 Å². The first kappa shape index (κ1) is 93.6. The fourth-order valence-electron chi connectivity index (χ4n) is 14.6. The van der Waals surface area contributed by atoms with Gasteiger partial charge >= 0.3 is 0 Å². The third-order valence-corrected chi connectivity index (χ3v) is 20.7. The molecule has 28 N–H and O–H groups in total. The van der Waals surface area contributed by atoms with Crippen molar-refractivity contribution in [2.75, 3.05) is 52.9 Å². The summed E-state index contributed by atoms with van der Waals surface area (Å²) in [6, 6.07) is -8.95. The predicted molar refractivity (Wildman–Crippen MR) is 354 cm³/mol. The van der Waals surface area contributed by atoms with E-state index >= 15 is 0 Å². The lowest BCUT2D eigenvalue weighted by Crippen LogP contribution is -2.71. The molecule has 658 valence electrons. The number of nitrogens with one attached hydrogen (secondary N) is 5. The van der Waals surface area contributed by atoms with E-state index in [9.17, 15) is 141 Å². The lowest BCUT2D eigenvalue weighted by Gasteiger charge is -2.51. The van der Waals surface area contributed by atoms with Gasteiger partial charge in [-0.3, -0.25) is 24.0 Å². The summed E-state index contributed by atoms with van der Waals surface area (Å²) >= 11 is 0. The highest BCUT2D eigenvalue weighted by Gasteiger charge is 2.60. The van der Waals surface area contributed by atoms with E-state index in [-0.39, 0.29) is 0 Å². The van der Waals surface area contributed by atoms with Gasteiger partial charge in [-0.2, -0.15) is 0 Å².